The molecule has 0 bridgehead atoms. The first kappa shape index (κ1) is 19.4. The number of ether oxygens (including phenoxy) is 2. The first-order valence-corrected chi connectivity index (χ1v) is 8.81. The number of hydrogen-bond donors (Lipinski definition) is 2. The fourth-order valence-electron chi connectivity index (χ4n) is 2.82. The Bertz CT molecular complexity index is 951. The molecule has 1 amide bonds. The number of methoxy groups -OCH3 is 2. The maximum absolute atomic E-state index is 12.4. The van der Waals surface area contributed by atoms with E-state index in [1.165, 1.54) is 7.11 Å². The summed E-state index contributed by atoms with van der Waals surface area (Å²) in [5.74, 6) is 0.858. The molecule has 0 aliphatic carbocycles. The zero-order valence-electron chi connectivity index (χ0n) is 16.0. The van der Waals surface area contributed by atoms with E-state index in [0.29, 0.717) is 22.6 Å². The zero-order chi connectivity index (χ0) is 20.1. The highest BCUT2D eigenvalue weighted by Crippen LogP contribution is 2.29. The summed E-state index contributed by atoms with van der Waals surface area (Å²) in [6, 6.07) is 12.2. The van der Waals surface area contributed by atoms with Crippen molar-refractivity contribution in [3.05, 3.63) is 71.5 Å². The molecule has 0 radical (unpaired) electrons. The number of amides is 1. The standard InChI is InChI=1S/C21H23N3O4/c1-14-11-23-24(13-14)16-6-4-15(5-7-16)21(26)22-12-19(25)18-10-17(27-2)8-9-20(18)28-3/h4-11,13,19,25H,12H2,1-3H3,(H,22,26). The minimum Gasteiger partial charge on any atom is -0.497 e. The van der Waals surface area contributed by atoms with E-state index in [1.807, 2.05) is 25.3 Å². The smallest absolute Gasteiger partial charge is 0.251 e. The predicted octanol–water partition coefficient (Wildman–Crippen LogP) is 2.66. The molecule has 1 aromatic heterocycles. The van der Waals surface area contributed by atoms with Crippen LogP contribution in [0.2, 0.25) is 0 Å². The topological polar surface area (TPSA) is 85.6 Å². The first-order valence-electron chi connectivity index (χ1n) is 8.81. The van der Waals surface area contributed by atoms with Crippen molar-refractivity contribution in [3.63, 3.8) is 0 Å². The minimum atomic E-state index is -0.930. The average molecular weight is 381 g/mol. The lowest BCUT2D eigenvalue weighted by molar-refractivity contribution is 0.0914. The van der Waals surface area contributed by atoms with Crippen LogP contribution >= 0.6 is 0 Å². The van der Waals surface area contributed by atoms with E-state index in [-0.39, 0.29) is 12.5 Å². The second-order valence-electron chi connectivity index (χ2n) is 6.34. The summed E-state index contributed by atoms with van der Waals surface area (Å²) in [4.78, 5) is 12.4. The third kappa shape index (κ3) is 4.32. The highest BCUT2D eigenvalue weighted by molar-refractivity contribution is 5.94. The van der Waals surface area contributed by atoms with Crippen molar-refractivity contribution in [1.82, 2.24) is 15.1 Å². The summed E-state index contributed by atoms with van der Waals surface area (Å²) in [5, 5.41) is 17.5. The lowest BCUT2D eigenvalue weighted by atomic mass is 10.1. The van der Waals surface area contributed by atoms with Gasteiger partial charge in [0, 0.05) is 23.9 Å². The van der Waals surface area contributed by atoms with Gasteiger partial charge in [0.05, 0.1) is 26.1 Å². The molecule has 0 saturated heterocycles. The number of benzene rings is 2. The summed E-state index contributed by atoms with van der Waals surface area (Å²) in [5.41, 5.74) is 2.97. The molecule has 0 fully saturated rings. The molecule has 146 valence electrons. The molecule has 0 aliphatic rings. The van der Waals surface area contributed by atoms with Crippen LogP contribution in [0.15, 0.2) is 54.9 Å². The highest BCUT2D eigenvalue weighted by atomic mass is 16.5. The van der Waals surface area contributed by atoms with Gasteiger partial charge in [0.25, 0.3) is 5.91 Å². The summed E-state index contributed by atoms with van der Waals surface area (Å²) >= 11 is 0. The lowest BCUT2D eigenvalue weighted by Gasteiger charge is -2.16. The van der Waals surface area contributed by atoms with Crippen molar-refractivity contribution >= 4 is 5.91 Å². The highest BCUT2D eigenvalue weighted by Gasteiger charge is 2.16. The molecule has 2 N–H and O–H groups in total. The number of hydrogen-bond acceptors (Lipinski definition) is 5. The number of nitrogens with one attached hydrogen (secondary N) is 1. The van der Waals surface area contributed by atoms with E-state index in [0.717, 1.165) is 11.3 Å². The van der Waals surface area contributed by atoms with Crippen LogP contribution in [0, 0.1) is 6.92 Å². The molecule has 1 atom stereocenters. The van der Waals surface area contributed by atoms with E-state index < -0.39 is 6.10 Å². The Morgan fingerprint density at radius 3 is 2.54 bits per heavy atom. The van der Waals surface area contributed by atoms with Gasteiger partial charge in [-0.3, -0.25) is 4.79 Å². The molecule has 3 aromatic rings. The number of nitrogens with zero attached hydrogens (tertiary/aromatic N) is 2. The zero-order valence-corrected chi connectivity index (χ0v) is 16.0. The van der Waals surface area contributed by atoms with Gasteiger partial charge < -0.3 is 19.9 Å². The van der Waals surface area contributed by atoms with Crippen LogP contribution in [0.1, 0.15) is 27.6 Å². The summed E-state index contributed by atoms with van der Waals surface area (Å²) in [6.07, 6.45) is 2.75. The molecule has 2 aromatic carbocycles. The quantitative estimate of drug-likeness (QED) is 0.657. The van der Waals surface area contributed by atoms with Crippen LogP contribution in [0.25, 0.3) is 5.69 Å². The normalized spacial score (nSPS) is 11.7. The Morgan fingerprint density at radius 1 is 1.18 bits per heavy atom. The lowest BCUT2D eigenvalue weighted by Crippen LogP contribution is -2.28. The molecular formula is C21H23N3O4. The van der Waals surface area contributed by atoms with Gasteiger partial charge in [0.15, 0.2) is 0 Å². The van der Waals surface area contributed by atoms with Gasteiger partial charge in [0.1, 0.15) is 17.6 Å². The molecule has 1 unspecified atom stereocenters. The molecule has 7 heteroatoms. The van der Waals surface area contributed by atoms with Gasteiger partial charge in [-0.15, -0.1) is 0 Å². The van der Waals surface area contributed by atoms with Gasteiger partial charge >= 0.3 is 0 Å². The van der Waals surface area contributed by atoms with Gasteiger partial charge in [-0.05, 0) is 55.0 Å². The van der Waals surface area contributed by atoms with E-state index >= 15 is 0 Å². The van der Waals surface area contributed by atoms with Crippen molar-refractivity contribution in [2.24, 2.45) is 0 Å². The van der Waals surface area contributed by atoms with E-state index in [4.69, 9.17) is 9.47 Å². The van der Waals surface area contributed by atoms with E-state index in [9.17, 15) is 9.90 Å². The van der Waals surface area contributed by atoms with Gasteiger partial charge in [0.2, 0.25) is 0 Å². The van der Waals surface area contributed by atoms with E-state index in [1.54, 1.807) is 48.3 Å². The number of rotatable bonds is 7. The molecular weight excluding hydrogens is 358 g/mol. The maximum Gasteiger partial charge on any atom is 0.251 e. The third-order valence-electron chi connectivity index (χ3n) is 4.36. The van der Waals surface area contributed by atoms with Gasteiger partial charge in [-0.25, -0.2) is 4.68 Å². The number of aryl methyl sites for hydroxylation is 1. The molecule has 7 nitrogen and oxygen atoms in total. The number of carbonyl (C=O) groups is 1. The largest absolute Gasteiger partial charge is 0.497 e. The number of aliphatic hydroxyl groups excluding tert-OH is 1. The molecule has 0 spiro atoms. The summed E-state index contributed by atoms with van der Waals surface area (Å²) in [7, 11) is 3.08. The predicted molar refractivity (Wildman–Crippen MR) is 105 cm³/mol. The van der Waals surface area contributed by atoms with Crippen molar-refractivity contribution in [1.29, 1.82) is 0 Å². The SMILES string of the molecule is COc1ccc(OC)c(C(O)CNC(=O)c2ccc(-n3cc(C)cn3)cc2)c1. The van der Waals surface area contributed by atoms with Crippen LogP contribution in [-0.2, 0) is 0 Å². The van der Waals surface area contributed by atoms with Crippen molar-refractivity contribution < 1.29 is 19.4 Å². The summed E-state index contributed by atoms with van der Waals surface area (Å²) < 4.78 is 12.2. The first-order chi connectivity index (χ1) is 13.5. The van der Waals surface area contributed by atoms with Crippen molar-refractivity contribution in [3.8, 4) is 17.2 Å². The molecule has 1 heterocycles. The van der Waals surface area contributed by atoms with Crippen LogP contribution in [-0.4, -0.2) is 41.6 Å². The fourth-order valence-corrected chi connectivity index (χ4v) is 2.82. The van der Waals surface area contributed by atoms with Gasteiger partial charge in [-0.2, -0.15) is 5.10 Å². The Labute approximate surface area is 163 Å². The number of carbonyl (C=O) groups excluding carboxylic acids is 1. The minimum absolute atomic E-state index is 0.0441. The second-order valence-corrected chi connectivity index (χ2v) is 6.34. The maximum atomic E-state index is 12.4. The Hall–Kier alpha value is -3.32. The van der Waals surface area contributed by atoms with Crippen molar-refractivity contribution in [2.45, 2.75) is 13.0 Å². The average Bonchev–Trinajstić information content (AvgIpc) is 3.17. The van der Waals surface area contributed by atoms with Crippen LogP contribution in [0.5, 0.6) is 11.5 Å². The van der Waals surface area contributed by atoms with Crippen LogP contribution in [0.3, 0.4) is 0 Å². The number of aromatic nitrogens is 2. The molecule has 3 rings (SSSR count). The molecule has 0 aliphatic heterocycles. The number of aliphatic hydroxyl groups is 1. The molecule has 0 saturated carbocycles. The van der Waals surface area contributed by atoms with Crippen LogP contribution in [0.4, 0.5) is 0 Å². The van der Waals surface area contributed by atoms with E-state index in [2.05, 4.69) is 10.4 Å². The Balaban J connectivity index is 1.65. The van der Waals surface area contributed by atoms with Gasteiger partial charge in [-0.1, -0.05) is 0 Å². The van der Waals surface area contributed by atoms with Crippen molar-refractivity contribution in [2.75, 3.05) is 20.8 Å². The molecule has 28 heavy (non-hydrogen) atoms. The Kier molecular flexibility index (Phi) is 5.96. The monoisotopic (exact) mass is 381 g/mol. The second kappa shape index (κ2) is 8.58. The fraction of sp³-hybridized carbons (Fsp3) is 0.238. The van der Waals surface area contributed by atoms with Crippen LogP contribution < -0.4 is 14.8 Å². The third-order valence-corrected chi connectivity index (χ3v) is 4.36. The Morgan fingerprint density at radius 2 is 1.93 bits per heavy atom. The summed E-state index contributed by atoms with van der Waals surface area (Å²) in [6.45, 7) is 2.01.